The zero-order valence-electron chi connectivity index (χ0n) is 15.0. The smallest absolute Gasteiger partial charge is 0.281 e. The number of nitrogens with zero attached hydrogens (tertiary/aromatic N) is 3. The SMILES string of the molecule is CCOCCn1c(=NC(=O)c2cc([N+](=O)[O-])ccc2Cl)sc2cc(F)cc(F)c21. The number of amides is 1. The molecule has 3 aromatic rings. The first-order chi connectivity index (χ1) is 13.8. The number of halogens is 3. The van der Waals surface area contributed by atoms with Gasteiger partial charge in [0.25, 0.3) is 11.6 Å². The average Bonchev–Trinajstić information content (AvgIpc) is 2.99. The number of hydrogen-bond donors (Lipinski definition) is 0. The van der Waals surface area contributed by atoms with Crippen LogP contribution in [-0.4, -0.2) is 28.6 Å². The molecule has 2 aromatic carbocycles. The number of carbonyl (C=O) groups is 1. The lowest BCUT2D eigenvalue weighted by molar-refractivity contribution is -0.384. The van der Waals surface area contributed by atoms with E-state index in [1.165, 1.54) is 16.7 Å². The first-order valence-corrected chi connectivity index (χ1v) is 9.60. The van der Waals surface area contributed by atoms with Gasteiger partial charge in [-0.1, -0.05) is 22.9 Å². The second-order valence-corrected chi connectivity index (χ2v) is 7.22. The Kier molecular flexibility index (Phi) is 6.36. The van der Waals surface area contributed by atoms with Gasteiger partial charge in [-0.2, -0.15) is 4.99 Å². The molecule has 0 atom stereocenters. The fraction of sp³-hybridized carbons (Fsp3) is 0.222. The minimum Gasteiger partial charge on any atom is -0.380 e. The van der Waals surface area contributed by atoms with Crippen LogP contribution >= 0.6 is 22.9 Å². The van der Waals surface area contributed by atoms with E-state index in [1.807, 2.05) is 0 Å². The molecule has 0 bridgehead atoms. The summed E-state index contributed by atoms with van der Waals surface area (Å²) in [6.45, 7) is 2.63. The maximum atomic E-state index is 14.4. The minimum atomic E-state index is -0.837. The maximum Gasteiger partial charge on any atom is 0.281 e. The molecule has 29 heavy (non-hydrogen) atoms. The molecular weight excluding hydrogens is 428 g/mol. The second kappa shape index (κ2) is 8.76. The highest BCUT2D eigenvalue weighted by molar-refractivity contribution is 7.16. The van der Waals surface area contributed by atoms with Gasteiger partial charge in [0.2, 0.25) is 0 Å². The van der Waals surface area contributed by atoms with E-state index in [4.69, 9.17) is 16.3 Å². The molecule has 1 aromatic heterocycles. The molecule has 3 rings (SSSR count). The molecule has 0 spiro atoms. The van der Waals surface area contributed by atoms with Crippen molar-refractivity contribution >= 4 is 44.7 Å². The van der Waals surface area contributed by atoms with Gasteiger partial charge in [-0.3, -0.25) is 14.9 Å². The summed E-state index contributed by atoms with van der Waals surface area (Å²) >= 11 is 6.91. The summed E-state index contributed by atoms with van der Waals surface area (Å²) in [5.74, 6) is -2.39. The monoisotopic (exact) mass is 441 g/mol. The molecule has 0 aliphatic carbocycles. The van der Waals surface area contributed by atoms with Crippen LogP contribution in [0, 0.1) is 21.7 Å². The predicted molar refractivity (Wildman–Crippen MR) is 104 cm³/mol. The Bertz CT molecular complexity index is 1180. The normalized spacial score (nSPS) is 11.9. The standard InChI is InChI=1S/C18H14ClF2N3O4S/c1-2-28-6-5-23-16-14(21)7-10(20)8-15(16)29-18(23)22-17(25)12-9-11(24(26)27)3-4-13(12)19/h3-4,7-9H,2,5-6H2,1H3. The van der Waals surface area contributed by atoms with E-state index in [2.05, 4.69) is 4.99 Å². The molecule has 7 nitrogen and oxygen atoms in total. The third-order valence-corrected chi connectivity index (χ3v) is 5.30. The first-order valence-electron chi connectivity index (χ1n) is 8.41. The molecule has 1 heterocycles. The number of hydrogen-bond acceptors (Lipinski definition) is 5. The number of aromatic nitrogens is 1. The van der Waals surface area contributed by atoms with Crippen molar-refractivity contribution in [3.05, 3.63) is 67.5 Å². The van der Waals surface area contributed by atoms with Crippen LogP contribution in [-0.2, 0) is 11.3 Å². The highest BCUT2D eigenvalue weighted by atomic mass is 35.5. The summed E-state index contributed by atoms with van der Waals surface area (Å²) in [5.41, 5.74) is -0.393. The number of ether oxygens (including phenoxy) is 1. The van der Waals surface area contributed by atoms with E-state index in [0.29, 0.717) is 6.61 Å². The zero-order valence-corrected chi connectivity index (χ0v) is 16.6. The number of nitro benzene ring substituents is 1. The van der Waals surface area contributed by atoms with Crippen LogP contribution in [0.25, 0.3) is 10.2 Å². The van der Waals surface area contributed by atoms with Crippen molar-refractivity contribution in [2.45, 2.75) is 13.5 Å². The van der Waals surface area contributed by atoms with Gasteiger partial charge >= 0.3 is 0 Å². The maximum absolute atomic E-state index is 14.4. The van der Waals surface area contributed by atoms with Gasteiger partial charge in [0, 0.05) is 31.4 Å². The van der Waals surface area contributed by atoms with Crippen molar-refractivity contribution in [3.63, 3.8) is 0 Å². The van der Waals surface area contributed by atoms with Gasteiger partial charge < -0.3 is 9.30 Å². The van der Waals surface area contributed by atoms with Crippen molar-refractivity contribution in [1.29, 1.82) is 0 Å². The Morgan fingerprint density at radius 2 is 2.10 bits per heavy atom. The van der Waals surface area contributed by atoms with Gasteiger partial charge in [0.15, 0.2) is 10.6 Å². The number of thiazole rings is 1. The highest BCUT2D eigenvalue weighted by Gasteiger charge is 2.18. The average molecular weight is 442 g/mol. The van der Waals surface area contributed by atoms with Gasteiger partial charge in [-0.25, -0.2) is 8.78 Å². The topological polar surface area (TPSA) is 86.7 Å². The third kappa shape index (κ3) is 4.50. The van der Waals surface area contributed by atoms with Gasteiger partial charge in [-0.15, -0.1) is 0 Å². The third-order valence-electron chi connectivity index (χ3n) is 3.95. The van der Waals surface area contributed by atoms with Crippen LogP contribution in [0.4, 0.5) is 14.5 Å². The van der Waals surface area contributed by atoms with Crippen LogP contribution in [0.15, 0.2) is 35.3 Å². The van der Waals surface area contributed by atoms with Crippen molar-refractivity contribution in [2.24, 2.45) is 4.99 Å². The number of rotatable bonds is 6. The summed E-state index contributed by atoms with van der Waals surface area (Å²) in [4.78, 5) is 27.0. The lowest BCUT2D eigenvalue weighted by Crippen LogP contribution is -2.20. The summed E-state index contributed by atoms with van der Waals surface area (Å²) < 4.78 is 34.9. The number of carbonyl (C=O) groups excluding carboxylic acids is 1. The van der Waals surface area contributed by atoms with Crippen LogP contribution in [0.2, 0.25) is 5.02 Å². The minimum absolute atomic E-state index is 0.0106. The number of nitro groups is 1. The summed E-state index contributed by atoms with van der Waals surface area (Å²) in [6, 6.07) is 5.30. The number of non-ortho nitro benzene ring substituents is 1. The molecule has 0 aliphatic rings. The molecule has 0 saturated heterocycles. The van der Waals surface area contributed by atoms with E-state index in [0.717, 1.165) is 29.5 Å². The Morgan fingerprint density at radius 1 is 1.34 bits per heavy atom. The van der Waals surface area contributed by atoms with Crippen molar-refractivity contribution in [1.82, 2.24) is 4.57 Å². The quantitative estimate of drug-likeness (QED) is 0.324. The fourth-order valence-corrected chi connectivity index (χ4v) is 3.95. The van der Waals surface area contributed by atoms with E-state index in [-0.39, 0.29) is 44.4 Å². The Labute approximate surface area is 172 Å². The summed E-state index contributed by atoms with van der Waals surface area (Å²) in [5, 5.41) is 10.9. The summed E-state index contributed by atoms with van der Waals surface area (Å²) in [7, 11) is 0. The molecule has 152 valence electrons. The van der Waals surface area contributed by atoms with Gasteiger partial charge in [0.05, 0.1) is 32.3 Å². The van der Waals surface area contributed by atoms with Crippen LogP contribution < -0.4 is 4.80 Å². The molecule has 0 N–H and O–H groups in total. The predicted octanol–water partition coefficient (Wildman–Crippen LogP) is 4.32. The van der Waals surface area contributed by atoms with Crippen molar-refractivity contribution in [3.8, 4) is 0 Å². The fourth-order valence-electron chi connectivity index (χ4n) is 2.66. The lowest BCUT2D eigenvalue weighted by atomic mass is 10.2. The Morgan fingerprint density at radius 3 is 2.79 bits per heavy atom. The van der Waals surface area contributed by atoms with Gasteiger partial charge in [-0.05, 0) is 19.1 Å². The highest BCUT2D eigenvalue weighted by Crippen LogP contribution is 2.24. The lowest BCUT2D eigenvalue weighted by Gasteiger charge is -2.06. The molecule has 0 saturated carbocycles. The molecule has 0 fully saturated rings. The number of benzene rings is 2. The second-order valence-electron chi connectivity index (χ2n) is 5.81. The molecule has 0 unspecified atom stereocenters. The van der Waals surface area contributed by atoms with Crippen molar-refractivity contribution < 1.29 is 23.2 Å². The largest absolute Gasteiger partial charge is 0.380 e. The van der Waals surface area contributed by atoms with Gasteiger partial charge in [0.1, 0.15) is 5.82 Å². The molecule has 11 heteroatoms. The molecule has 0 aliphatic heterocycles. The summed E-state index contributed by atoms with van der Waals surface area (Å²) in [6.07, 6.45) is 0. The Balaban J connectivity index is 2.15. The van der Waals surface area contributed by atoms with E-state index >= 15 is 0 Å². The van der Waals surface area contributed by atoms with E-state index in [9.17, 15) is 23.7 Å². The van der Waals surface area contributed by atoms with E-state index in [1.54, 1.807) is 6.92 Å². The van der Waals surface area contributed by atoms with Crippen LogP contribution in [0.1, 0.15) is 17.3 Å². The number of fused-ring (bicyclic) bond motifs is 1. The molecular formula is C18H14ClF2N3O4S. The van der Waals surface area contributed by atoms with E-state index < -0.39 is 22.5 Å². The van der Waals surface area contributed by atoms with Crippen LogP contribution in [0.5, 0.6) is 0 Å². The molecule has 0 radical (unpaired) electrons. The first kappa shape index (κ1) is 21.0. The van der Waals surface area contributed by atoms with Crippen LogP contribution in [0.3, 0.4) is 0 Å². The Hall–Kier alpha value is -2.69. The van der Waals surface area contributed by atoms with Crippen molar-refractivity contribution in [2.75, 3.05) is 13.2 Å². The zero-order chi connectivity index (χ0) is 21.1. The molecule has 1 amide bonds.